The van der Waals surface area contributed by atoms with Crippen LogP contribution >= 0.6 is 11.8 Å². The molecule has 0 aliphatic carbocycles. The first-order valence-corrected chi connectivity index (χ1v) is 7.36. The number of imide groups is 1. The molecule has 116 valence electrons. The summed E-state index contributed by atoms with van der Waals surface area (Å²) >= 11 is 1.22. The number of rotatable bonds is 4. The molecule has 0 bridgehead atoms. The first-order chi connectivity index (χ1) is 9.99. The molecule has 10 heteroatoms. The number of urea groups is 1. The van der Waals surface area contributed by atoms with Crippen molar-refractivity contribution in [1.29, 1.82) is 0 Å². The van der Waals surface area contributed by atoms with Gasteiger partial charge in [-0.1, -0.05) is 11.8 Å². The molecule has 0 aromatic carbocycles. The number of nitrogens with two attached hydrogens (primary N) is 1. The number of primary amides is 1. The Hall–Kier alpha value is -1.81. The lowest BCUT2D eigenvalue weighted by atomic mass is 10.4. The first kappa shape index (κ1) is 15.6. The summed E-state index contributed by atoms with van der Waals surface area (Å²) in [6.07, 6.45) is 0. The predicted molar refractivity (Wildman–Crippen MR) is 77.1 cm³/mol. The van der Waals surface area contributed by atoms with E-state index in [2.05, 4.69) is 15.1 Å². The Morgan fingerprint density at radius 3 is 2.67 bits per heavy atom. The smallest absolute Gasteiger partial charge is 0.318 e. The molecule has 2 rings (SSSR count). The maximum absolute atomic E-state index is 11.7. The van der Waals surface area contributed by atoms with Crippen LogP contribution in [0.1, 0.15) is 6.92 Å². The number of nitrogens with zero attached hydrogens (tertiary/aromatic N) is 4. The van der Waals surface area contributed by atoms with Crippen LogP contribution in [0.4, 0.5) is 10.7 Å². The summed E-state index contributed by atoms with van der Waals surface area (Å²) in [6.45, 7) is 4.51. The van der Waals surface area contributed by atoms with Gasteiger partial charge in [0.15, 0.2) is 5.16 Å². The SMILES string of the molecule is CC(Sc1nnc(N2CCOCC2)n1C)C(=O)NC(N)=O. The largest absolute Gasteiger partial charge is 0.378 e. The molecule has 0 radical (unpaired) electrons. The lowest BCUT2D eigenvalue weighted by Gasteiger charge is -2.27. The Morgan fingerprint density at radius 2 is 2.05 bits per heavy atom. The number of anilines is 1. The molecule has 1 saturated heterocycles. The normalized spacial score (nSPS) is 16.6. The van der Waals surface area contributed by atoms with Crippen LogP contribution in [0.25, 0.3) is 0 Å². The molecule has 1 aromatic heterocycles. The van der Waals surface area contributed by atoms with Gasteiger partial charge in [0.1, 0.15) is 0 Å². The first-order valence-electron chi connectivity index (χ1n) is 6.48. The molecular formula is C11H18N6O3S. The van der Waals surface area contributed by atoms with Crippen molar-refractivity contribution < 1.29 is 14.3 Å². The van der Waals surface area contributed by atoms with Crippen molar-refractivity contribution in [1.82, 2.24) is 20.1 Å². The van der Waals surface area contributed by atoms with Crippen molar-refractivity contribution in [2.45, 2.75) is 17.3 Å². The monoisotopic (exact) mass is 314 g/mol. The van der Waals surface area contributed by atoms with Crippen LogP contribution in [-0.2, 0) is 16.6 Å². The van der Waals surface area contributed by atoms with Crippen LogP contribution in [-0.4, -0.2) is 58.3 Å². The van der Waals surface area contributed by atoms with E-state index in [1.54, 1.807) is 6.92 Å². The van der Waals surface area contributed by atoms with Crippen LogP contribution in [0.2, 0.25) is 0 Å². The fourth-order valence-electron chi connectivity index (χ4n) is 1.88. The highest BCUT2D eigenvalue weighted by atomic mass is 32.2. The Kier molecular flexibility index (Phi) is 5.02. The van der Waals surface area contributed by atoms with Crippen molar-refractivity contribution in [3.63, 3.8) is 0 Å². The van der Waals surface area contributed by atoms with Gasteiger partial charge in [-0.25, -0.2) is 4.79 Å². The van der Waals surface area contributed by atoms with Crippen molar-refractivity contribution in [2.24, 2.45) is 12.8 Å². The topological polar surface area (TPSA) is 115 Å². The zero-order valence-electron chi connectivity index (χ0n) is 11.9. The van der Waals surface area contributed by atoms with E-state index < -0.39 is 17.2 Å². The number of thioether (sulfide) groups is 1. The van der Waals surface area contributed by atoms with Crippen LogP contribution in [0.15, 0.2) is 5.16 Å². The van der Waals surface area contributed by atoms with E-state index in [1.165, 1.54) is 11.8 Å². The number of nitrogens with one attached hydrogen (secondary N) is 1. The van der Waals surface area contributed by atoms with Gasteiger partial charge in [-0.05, 0) is 6.92 Å². The number of morpholine rings is 1. The van der Waals surface area contributed by atoms with Gasteiger partial charge in [0, 0.05) is 20.1 Å². The molecule has 1 aliphatic heterocycles. The molecule has 21 heavy (non-hydrogen) atoms. The quantitative estimate of drug-likeness (QED) is 0.708. The Balaban J connectivity index is 2.02. The number of hydrogen-bond donors (Lipinski definition) is 2. The van der Waals surface area contributed by atoms with Crippen LogP contribution in [0, 0.1) is 0 Å². The molecule has 1 aromatic rings. The minimum atomic E-state index is -0.862. The van der Waals surface area contributed by atoms with Crippen LogP contribution in [0.5, 0.6) is 0 Å². The van der Waals surface area contributed by atoms with Gasteiger partial charge in [-0.15, -0.1) is 10.2 Å². The van der Waals surface area contributed by atoms with E-state index in [1.807, 2.05) is 16.9 Å². The molecule has 9 nitrogen and oxygen atoms in total. The highest BCUT2D eigenvalue weighted by molar-refractivity contribution is 8.00. The second kappa shape index (κ2) is 6.76. The maximum atomic E-state index is 11.7. The number of carbonyl (C=O) groups excluding carboxylic acids is 2. The number of ether oxygens (including phenoxy) is 1. The highest BCUT2D eigenvalue weighted by Crippen LogP contribution is 2.24. The second-order valence-corrected chi connectivity index (χ2v) is 5.86. The third-order valence-electron chi connectivity index (χ3n) is 3.00. The van der Waals surface area contributed by atoms with E-state index in [0.29, 0.717) is 18.4 Å². The second-order valence-electron chi connectivity index (χ2n) is 4.55. The third-order valence-corrected chi connectivity index (χ3v) is 4.14. The molecule has 1 atom stereocenters. The van der Waals surface area contributed by atoms with Crippen molar-refractivity contribution in [2.75, 3.05) is 31.2 Å². The molecule has 0 spiro atoms. The molecule has 2 heterocycles. The number of amides is 3. The van der Waals surface area contributed by atoms with Gasteiger partial charge >= 0.3 is 6.03 Å². The summed E-state index contributed by atoms with van der Waals surface area (Å²) in [5.74, 6) is 0.284. The molecular weight excluding hydrogens is 296 g/mol. The summed E-state index contributed by atoms with van der Waals surface area (Å²) in [7, 11) is 1.84. The molecule has 3 N–H and O–H groups in total. The number of aromatic nitrogens is 3. The standard InChI is InChI=1S/C11H18N6O3S/c1-7(8(18)13-9(12)19)21-11-15-14-10(16(11)2)17-3-5-20-6-4-17/h7H,3-6H2,1-2H3,(H3,12,13,18,19). The summed E-state index contributed by atoms with van der Waals surface area (Å²) in [4.78, 5) is 24.4. The summed E-state index contributed by atoms with van der Waals surface area (Å²) in [5.41, 5.74) is 4.92. The average Bonchev–Trinajstić information content (AvgIpc) is 2.80. The third kappa shape index (κ3) is 3.85. The summed E-state index contributed by atoms with van der Waals surface area (Å²) in [6, 6.07) is -0.862. The van der Waals surface area contributed by atoms with Crippen LogP contribution in [0.3, 0.4) is 0 Å². The van der Waals surface area contributed by atoms with Crippen molar-refractivity contribution in [3.8, 4) is 0 Å². The number of hydrogen-bond acceptors (Lipinski definition) is 7. The van der Waals surface area contributed by atoms with Gasteiger partial charge < -0.3 is 15.4 Å². The van der Waals surface area contributed by atoms with Crippen LogP contribution < -0.4 is 16.0 Å². The lowest BCUT2D eigenvalue weighted by molar-refractivity contribution is -0.119. The van der Waals surface area contributed by atoms with E-state index in [4.69, 9.17) is 10.5 Å². The summed E-state index contributed by atoms with van der Waals surface area (Å²) < 4.78 is 7.12. The van der Waals surface area contributed by atoms with E-state index in [9.17, 15) is 9.59 Å². The molecule has 1 fully saturated rings. The highest BCUT2D eigenvalue weighted by Gasteiger charge is 2.22. The van der Waals surface area contributed by atoms with Crippen molar-refractivity contribution >= 4 is 29.6 Å². The molecule has 3 amide bonds. The van der Waals surface area contributed by atoms with Gasteiger partial charge in [0.05, 0.1) is 18.5 Å². The Bertz CT molecular complexity index is 528. The molecule has 1 aliphatic rings. The fourth-order valence-corrected chi connectivity index (χ4v) is 2.69. The van der Waals surface area contributed by atoms with Gasteiger partial charge in [0.25, 0.3) is 0 Å². The molecule has 1 unspecified atom stereocenters. The average molecular weight is 314 g/mol. The minimum Gasteiger partial charge on any atom is -0.378 e. The lowest BCUT2D eigenvalue weighted by Crippen LogP contribution is -2.39. The molecule has 0 saturated carbocycles. The van der Waals surface area contributed by atoms with Gasteiger partial charge in [-0.2, -0.15) is 0 Å². The van der Waals surface area contributed by atoms with E-state index >= 15 is 0 Å². The predicted octanol–water partition coefficient (Wildman–Crippen LogP) is -0.673. The van der Waals surface area contributed by atoms with E-state index in [-0.39, 0.29) is 0 Å². The summed E-state index contributed by atoms with van der Waals surface area (Å²) in [5, 5.41) is 10.4. The number of carbonyl (C=O) groups is 2. The zero-order valence-corrected chi connectivity index (χ0v) is 12.7. The Morgan fingerprint density at radius 1 is 1.38 bits per heavy atom. The van der Waals surface area contributed by atoms with Gasteiger partial charge in [0.2, 0.25) is 11.9 Å². The van der Waals surface area contributed by atoms with Gasteiger partial charge in [-0.3, -0.25) is 14.7 Å². The maximum Gasteiger partial charge on any atom is 0.318 e. The Labute approximate surface area is 126 Å². The fraction of sp³-hybridized carbons (Fsp3) is 0.636. The minimum absolute atomic E-state index is 0.455. The zero-order chi connectivity index (χ0) is 15.4. The van der Waals surface area contributed by atoms with Crippen molar-refractivity contribution in [3.05, 3.63) is 0 Å². The van der Waals surface area contributed by atoms with E-state index in [0.717, 1.165) is 19.0 Å².